The van der Waals surface area contributed by atoms with E-state index in [0.29, 0.717) is 6.04 Å². The number of aryl methyl sites for hydroxylation is 1. The van der Waals surface area contributed by atoms with Crippen molar-refractivity contribution >= 4 is 6.08 Å². The second kappa shape index (κ2) is 6.06. The summed E-state index contributed by atoms with van der Waals surface area (Å²) in [6.45, 7) is 15.2. The monoisotopic (exact) mass is 234 g/mol. The maximum absolute atomic E-state index is 3.45. The Morgan fingerprint density at radius 3 is 2.53 bits per heavy atom. The molecule has 2 heteroatoms. The Labute approximate surface area is 106 Å². The molecule has 96 valence electrons. The van der Waals surface area contributed by atoms with Crippen LogP contribution < -0.4 is 5.32 Å². The third kappa shape index (κ3) is 3.22. The summed E-state index contributed by atoms with van der Waals surface area (Å²) in [5.74, 6) is 0. The van der Waals surface area contributed by atoms with E-state index in [2.05, 4.69) is 63.6 Å². The fraction of sp³-hybridized carbons (Fsp3) is 0.600. The molecule has 17 heavy (non-hydrogen) atoms. The minimum absolute atomic E-state index is 0.449. The predicted octanol–water partition coefficient (Wildman–Crippen LogP) is 3.53. The zero-order valence-electron chi connectivity index (χ0n) is 12.1. The molecular formula is C15H26N2. The highest BCUT2D eigenvalue weighted by molar-refractivity contribution is 5.57. The zero-order chi connectivity index (χ0) is 13.0. The van der Waals surface area contributed by atoms with Gasteiger partial charge in [0.05, 0.1) is 0 Å². The van der Waals surface area contributed by atoms with Gasteiger partial charge in [0.15, 0.2) is 0 Å². The van der Waals surface area contributed by atoms with Crippen LogP contribution in [-0.4, -0.2) is 17.2 Å². The van der Waals surface area contributed by atoms with Gasteiger partial charge in [-0.3, -0.25) is 0 Å². The summed E-state index contributed by atoms with van der Waals surface area (Å²) >= 11 is 0. The van der Waals surface area contributed by atoms with E-state index in [9.17, 15) is 0 Å². The number of hydrogen-bond donors (Lipinski definition) is 1. The van der Waals surface area contributed by atoms with Crippen molar-refractivity contribution in [1.82, 2.24) is 9.88 Å². The molecule has 1 N–H and O–H groups in total. The largest absolute Gasteiger partial charge is 0.349 e. The first-order valence-corrected chi connectivity index (χ1v) is 6.59. The van der Waals surface area contributed by atoms with Gasteiger partial charge in [-0.2, -0.15) is 0 Å². The predicted molar refractivity (Wildman–Crippen MR) is 76.4 cm³/mol. The highest BCUT2D eigenvalue weighted by Gasteiger charge is 2.07. The Bertz CT molecular complexity index is 399. The van der Waals surface area contributed by atoms with E-state index in [0.717, 1.165) is 13.1 Å². The minimum Gasteiger partial charge on any atom is -0.349 e. The second-order valence-corrected chi connectivity index (χ2v) is 4.74. The fourth-order valence-corrected chi connectivity index (χ4v) is 2.30. The van der Waals surface area contributed by atoms with Crippen molar-refractivity contribution in [3.8, 4) is 0 Å². The lowest BCUT2D eigenvalue weighted by atomic mass is 10.1. The number of aromatic nitrogens is 1. The minimum atomic E-state index is 0.449. The van der Waals surface area contributed by atoms with E-state index in [-0.39, 0.29) is 0 Å². The standard InChI is InChI=1S/C15H26N2/c1-7-16-13(5)11(3)9-15-10-12(4)17(8-2)14(15)6/h9-10,13,16H,7-8H2,1-6H3/b11-9+. The average molecular weight is 234 g/mol. The number of likely N-dealkylation sites (N-methyl/N-ethyl adjacent to an activating group) is 1. The third-order valence-corrected chi connectivity index (χ3v) is 3.51. The molecule has 1 atom stereocenters. The Morgan fingerprint density at radius 1 is 1.41 bits per heavy atom. The van der Waals surface area contributed by atoms with E-state index >= 15 is 0 Å². The molecule has 0 aromatic carbocycles. The Morgan fingerprint density at radius 2 is 2.06 bits per heavy atom. The molecule has 1 heterocycles. The molecule has 0 aliphatic carbocycles. The fourth-order valence-electron chi connectivity index (χ4n) is 2.30. The van der Waals surface area contributed by atoms with Crippen LogP contribution in [0.5, 0.6) is 0 Å². The third-order valence-electron chi connectivity index (χ3n) is 3.51. The topological polar surface area (TPSA) is 17.0 Å². The summed E-state index contributed by atoms with van der Waals surface area (Å²) in [4.78, 5) is 0. The SMILES string of the molecule is CCNC(C)/C(C)=C/c1cc(C)n(CC)c1C. The molecule has 1 aromatic rings. The van der Waals surface area contributed by atoms with Gasteiger partial charge in [0.1, 0.15) is 0 Å². The van der Waals surface area contributed by atoms with Crippen molar-refractivity contribution in [3.05, 3.63) is 28.6 Å². The van der Waals surface area contributed by atoms with Crippen LogP contribution >= 0.6 is 0 Å². The first kappa shape index (κ1) is 14.0. The van der Waals surface area contributed by atoms with E-state index in [1.54, 1.807) is 0 Å². The highest BCUT2D eigenvalue weighted by atomic mass is 15.0. The highest BCUT2D eigenvalue weighted by Crippen LogP contribution is 2.19. The quantitative estimate of drug-likeness (QED) is 0.824. The molecule has 0 amide bonds. The maximum atomic E-state index is 3.45. The first-order chi connectivity index (χ1) is 8.01. The number of rotatable bonds is 5. The van der Waals surface area contributed by atoms with E-state index < -0.39 is 0 Å². The molecule has 0 radical (unpaired) electrons. The van der Waals surface area contributed by atoms with Gasteiger partial charge < -0.3 is 9.88 Å². The second-order valence-electron chi connectivity index (χ2n) is 4.74. The Hall–Kier alpha value is -1.02. The van der Waals surface area contributed by atoms with E-state index in [1.807, 2.05) is 0 Å². The molecule has 0 bridgehead atoms. The van der Waals surface area contributed by atoms with Crippen LogP contribution in [0.3, 0.4) is 0 Å². The smallest absolute Gasteiger partial charge is 0.0251 e. The molecule has 0 aliphatic rings. The van der Waals surface area contributed by atoms with Crippen LogP contribution in [0.1, 0.15) is 44.6 Å². The Kier molecular flexibility index (Phi) is 5.01. The van der Waals surface area contributed by atoms with Crippen LogP contribution in [-0.2, 0) is 6.54 Å². The van der Waals surface area contributed by atoms with Gasteiger partial charge in [0, 0.05) is 24.0 Å². The molecule has 0 spiro atoms. The molecule has 0 saturated carbocycles. The molecule has 0 aliphatic heterocycles. The van der Waals surface area contributed by atoms with Gasteiger partial charge in [-0.15, -0.1) is 0 Å². The van der Waals surface area contributed by atoms with Crippen LogP contribution in [0, 0.1) is 13.8 Å². The van der Waals surface area contributed by atoms with Crippen LogP contribution in [0.2, 0.25) is 0 Å². The van der Waals surface area contributed by atoms with E-state index in [1.165, 1.54) is 22.5 Å². The van der Waals surface area contributed by atoms with Crippen molar-refractivity contribution in [2.24, 2.45) is 0 Å². The summed E-state index contributed by atoms with van der Waals surface area (Å²) < 4.78 is 2.36. The van der Waals surface area contributed by atoms with Crippen molar-refractivity contribution in [2.75, 3.05) is 6.54 Å². The summed E-state index contributed by atoms with van der Waals surface area (Å²) in [6, 6.07) is 2.73. The number of nitrogens with one attached hydrogen (secondary N) is 1. The van der Waals surface area contributed by atoms with Gasteiger partial charge in [-0.25, -0.2) is 0 Å². The number of nitrogens with zero attached hydrogens (tertiary/aromatic N) is 1. The van der Waals surface area contributed by atoms with Gasteiger partial charge in [0.25, 0.3) is 0 Å². The van der Waals surface area contributed by atoms with Gasteiger partial charge >= 0.3 is 0 Å². The van der Waals surface area contributed by atoms with Gasteiger partial charge in [-0.05, 0) is 52.8 Å². The van der Waals surface area contributed by atoms with Crippen molar-refractivity contribution in [2.45, 2.75) is 54.1 Å². The average Bonchev–Trinajstić information content (AvgIpc) is 2.54. The van der Waals surface area contributed by atoms with Crippen molar-refractivity contribution in [1.29, 1.82) is 0 Å². The zero-order valence-corrected chi connectivity index (χ0v) is 12.1. The summed E-state index contributed by atoms with van der Waals surface area (Å²) in [6.07, 6.45) is 2.31. The molecule has 0 saturated heterocycles. The summed E-state index contributed by atoms with van der Waals surface area (Å²) in [5, 5.41) is 3.45. The molecule has 0 fully saturated rings. The molecule has 1 aromatic heterocycles. The lowest BCUT2D eigenvalue weighted by Crippen LogP contribution is -2.26. The summed E-state index contributed by atoms with van der Waals surface area (Å²) in [7, 11) is 0. The van der Waals surface area contributed by atoms with Crippen LogP contribution in [0.4, 0.5) is 0 Å². The molecule has 2 nitrogen and oxygen atoms in total. The van der Waals surface area contributed by atoms with Gasteiger partial charge in [-0.1, -0.05) is 18.6 Å². The van der Waals surface area contributed by atoms with Crippen LogP contribution in [0.15, 0.2) is 11.6 Å². The lowest BCUT2D eigenvalue weighted by molar-refractivity contribution is 0.636. The number of hydrogen-bond acceptors (Lipinski definition) is 1. The summed E-state index contributed by atoms with van der Waals surface area (Å²) in [5.41, 5.74) is 5.46. The molecule has 1 unspecified atom stereocenters. The normalized spacial score (nSPS) is 14.1. The Balaban J connectivity index is 2.98. The first-order valence-electron chi connectivity index (χ1n) is 6.59. The van der Waals surface area contributed by atoms with E-state index in [4.69, 9.17) is 0 Å². The van der Waals surface area contributed by atoms with Crippen molar-refractivity contribution < 1.29 is 0 Å². The molecule has 1 rings (SSSR count). The van der Waals surface area contributed by atoms with Gasteiger partial charge in [0.2, 0.25) is 0 Å². The van der Waals surface area contributed by atoms with Crippen molar-refractivity contribution in [3.63, 3.8) is 0 Å². The lowest BCUT2D eigenvalue weighted by Gasteiger charge is -2.13. The maximum Gasteiger partial charge on any atom is 0.0251 e. The molecular weight excluding hydrogens is 208 g/mol. The van der Waals surface area contributed by atoms with Crippen LogP contribution in [0.25, 0.3) is 6.08 Å².